The van der Waals surface area contributed by atoms with Gasteiger partial charge in [0.25, 0.3) is 0 Å². The topological polar surface area (TPSA) is 35.5 Å². The van der Waals surface area contributed by atoms with Crippen molar-refractivity contribution in [1.29, 1.82) is 0 Å². The Kier molecular flexibility index (Phi) is 4.17. The highest BCUT2D eigenvalue weighted by molar-refractivity contribution is 7.80. The van der Waals surface area contributed by atoms with Gasteiger partial charge in [-0.1, -0.05) is 24.3 Å². The van der Waals surface area contributed by atoms with Crippen molar-refractivity contribution in [2.45, 2.75) is 9.79 Å². The van der Waals surface area contributed by atoms with E-state index >= 15 is 0 Å². The molecule has 0 saturated carbocycles. The molecule has 0 saturated heterocycles. The highest BCUT2D eigenvalue weighted by atomic mass is 32.1. The van der Waals surface area contributed by atoms with Crippen LogP contribution in [0.5, 0.6) is 11.5 Å². The summed E-state index contributed by atoms with van der Waals surface area (Å²) in [5, 5.41) is 0. The molecule has 0 amide bonds. The molecule has 3 nitrogen and oxygen atoms in total. The number of rotatable bonds is 2. The third-order valence-electron chi connectivity index (χ3n) is 2.12. The van der Waals surface area contributed by atoms with Crippen molar-refractivity contribution >= 4 is 31.4 Å². The van der Waals surface area contributed by atoms with Gasteiger partial charge < -0.3 is 9.47 Å². The normalized spacial score (nSPS) is 9.89. The van der Waals surface area contributed by atoms with Gasteiger partial charge in [0.15, 0.2) is 0 Å². The number of hydrogen-bond acceptors (Lipinski definition) is 5. The molecule has 0 fully saturated rings. The zero-order valence-corrected chi connectivity index (χ0v) is 11.0. The van der Waals surface area contributed by atoms with E-state index in [2.05, 4.69) is 25.3 Å². The average molecular weight is 278 g/mol. The van der Waals surface area contributed by atoms with E-state index < -0.39 is 6.16 Å². The summed E-state index contributed by atoms with van der Waals surface area (Å²) in [4.78, 5) is 12.7. The summed E-state index contributed by atoms with van der Waals surface area (Å²) < 4.78 is 10.1. The maximum Gasteiger partial charge on any atom is 0.519 e. The quantitative estimate of drug-likeness (QED) is 0.498. The van der Waals surface area contributed by atoms with Crippen molar-refractivity contribution in [3.8, 4) is 11.5 Å². The lowest BCUT2D eigenvalue weighted by Crippen LogP contribution is -2.14. The smallest absolute Gasteiger partial charge is 0.394 e. The van der Waals surface area contributed by atoms with Gasteiger partial charge in [-0.2, -0.15) is 0 Å². The number of thiol groups is 2. The molecule has 0 aliphatic carbocycles. The first-order valence-electron chi connectivity index (χ1n) is 5.12. The molecule has 0 spiro atoms. The molecule has 0 heterocycles. The van der Waals surface area contributed by atoms with Crippen LogP contribution in [0.15, 0.2) is 58.3 Å². The number of ether oxygens (including phenoxy) is 2. The van der Waals surface area contributed by atoms with Gasteiger partial charge in [0, 0.05) is 9.79 Å². The molecule has 92 valence electrons. The van der Waals surface area contributed by atoms with Gasteiger partial charge in [0.1, 0.15) is 11.5 Å². The first-order valence-corrected chi connectivity index (χ1v) is 6.02. The fourth-order valence-electron chi connectivity index (χ4n) is 1.29. The summed E-state index contributed by atoms with van der Waals surface area (Å²) in [6.45, 7) is 0. The van der Waals surface area contributed by atoms with E-state index in [4.69, 9.17) is 9.47 Å². The number of carbonyl (C=O) groups excluding carboxylic acids is 1. The molecule has 2 aromatic rings. The molecule has 0 bridgehead atoms. The van der Waals surface area contributed by atoms with Crippen LogP contribution in [0.1, 0.15) is 0 Å². The van der Waals surface area contributed by atoms with Crippen LogP contribution in [0, 0.1) is 0 Å². The highest BCUT2D eigenvalue weighted by Crippen LogP contribution is 2.24. The lowest BCUT2D eigenvalue weighted by Gasteiger charge is -2.08. The second-order valence-electron chi connectivity index (χ2n) is 3.39. The summed E-state index contributed by atoms with van der Waals surface area (Å²) >= 11 is 8.34. The van der Waals surface area contributed by atoms with Gasteiger partial charge in [-0.15, -0.1) is 25.3 Å². The van der Waals surface area contributed by atoms with Crippen molar-refractivity contribution < 1.29 is 14.3 Å². The molecule has 0 aromatic heterocycles. The van der Waals surface area contributed by atoms with Crippen LogP contribution in [0.4, 0.5) is 4.79 Å². The summed E-state index contributed by atoms with van der Waals surface area (Å²) in [7, 11) is 0. The van der Waals surface area contributed by atoms with Crippen molar-refractivity contribution in [2.24, 2.45) is 0 Å². The predicted molar refractivity (Wildman–Crippen MR) is 74.0 cm³/mol. The molecule has 0 N–H and O–H groups in total. The minimum absolute atomic E-state index is 0.350. The maximum atomic E-state index is 11.6. The molecule has 5 heteroatoms. The zero-order valence-electron chi connectivity index (χ0n) is 9.24. The van der Waals surface area contributed by atoms with Gasteiger partial charge in [-0.25, -0.2) is 4.79 Å². The zero-order chi connectivity index (χ0) is 13.0. The van der Waals surface area contributed by atoms with Crippen LogP contribution in [-0.4, -0.2) is 6.16 Å². The third kappa shape index (κ3) is 3.21. The molecular weight excluding hydrogens is 268 g/mol. The fraction of sp³-hybridized carbons (Fsp3) is 0. The molecular formula is C13H10O3S2. The summed E-state index contributed by atoms with van der Waals surface area (Å²) in [6.07, 6.45) is -0.821. The molecule has 0 unspecified atom stereocenters. The summed E-state index contributed by atoms with van der Waals surface area (Å²) in [6, 6.07) is 13.8. The molecule has 2 aromatic carbocycles. The van der Waals surface area contributed by atoms with Crippen LogP contribution >= 0.6 is 25.3 Å². The standard InChI is InChI=1S/C13H10O3S2/c14-13(15-9-5-1-3-7-11(9)17)16-10-6-2-4-8-12(10)18/h1-8,17-18H. The van der Waals surface area contributed by atoms with Gasteiger partial charge >= 0.3 is 6.16 Å². The van der Waals surface area contributed by atoms with Gasteiger partial charge in [0.05, 0.1) is 0 Å². The Morgan fingerprint density at radius 1 is 0.778 bits per heavy atom. The largest absolute Gasteiger partial charge is 0.519 e. The van der Waals surface area contributed by atoms with Gasteiger partial charge in [-0.05, 0) is 24.3 Å². The van der Waals surface area contributed by atoms with E-state index in [0.29, 0.717) is 21.3 Å². The van der Waals surface area contributed by atoms with Crippen molar-refractivity contribution in [3.05, 3.63) is 48.5 Å². The summed E-state index contributed by atoms with van der Waals surface area (Å²) in [5.74, 6) is 0.699. The van der Waals surface area contributed by atoms with Crippen LogP contribution in [0.2, 0.25) is 0 Å². The van der Waals surface area contributed by atoms with Crippen LogP contribution < -0.4 is 9.47 Å². The van der Waals surface area contributed by atoms with Crippen molar-refractivity contribution in [3.63, 3.8) is 0 Å². The van der Waals surface area contributed by atoms with Gasteiger partial charge in [-0.3, -0.25) is 0 Å². The number of carbonyl (C=O) groups is 1. The van der Waals surface area contributed by atoms with E-state index in [-0.39, 0.29) is 0 Å². The fourth-order valence-corrected chi connectivity index (χ4v) is 1.70. The Morgan fingerprint density at radius 2 is 1.17 bits per heavy atom. The monoisotopic (exact) mass is 278 g/mol. The average Bonchev–Trinajstić information content (AvgIpc) is 2.35. The first kappa shape index (κ1) is 12.9. The van der Waals surface area contributed by atoms with Crippen molar-refractivity contribution in [1.82, 2.24) is 0 Å². The first-order chi connectivity index (χ1) is 8.66. The Labute approximate surface area is 116 Å². The predicted octanol–water partition coefficient (Wildman–Crippen LogP) is 3.84. The number of benzene rings is 2. The van der Waals surface area contributed by atoms with Crippen LogP contribution in [0.25, 0.3) is 0 Å². The van der Waals surface area contributed by atoms with E-state index in [1.165, 1.54) is 0 Å². The molecule has 18 heavy (non-hydrogen) atoms. The van der Waals surface area contributed by atoms with Crippen LogP contribution in [-0.2, 0) is 0 Å². The molecule has 0 aliphatic heterocycles. The molecule has 2 rings (SSSR count). The number of hydrogen-bond donors (Lipinski definition) is 2. The maximum absolute atomic E-state index is 11.6. The minimum atomic E-state index is -0.821. The van der Waals surface area contributed by atoms with Crippen LogP contribution in [0.3, 0.4) is 0 Å². The lowest BCUT2D eigenvalue weighted by atomic mass is 10.3. The van der Waals surface area contributed by atoms with E-state index in [9.17, 15) is 4.79 Å². The van der Waals surface area contributed by atoms with E-state index in [1.54, 1.807) is 48.5 Å². The van der Waals surface area contributed by atoms with E-state index in [0.717, 1.165) is 0 Å². The third-order valence-corrected chi connectivity index (χ3v) is 2.86. The lowest BCUT2D eigenvalue weighted by molar-refractivity contribution is 0.149. The molecule has 0 radical (unpaired) electrons. The Hall–Kier alpha value is -1.59. The van der Waals surface area contributed by atoms with Crippen molar-refractivity contribution in [2.75, 3.05) is 0 Å². The second kappa shape index (κ2) is 5.84. The van der Waals surface area contributed by atoms with E-state index in [1.807, 2.05) is 0 Å². The minimum Gasteiger partial charge on any atom is -0.394 e. The number of para-hydroxylation sites is 2. The summed E-state index contributed by atoms with van der Waals surface area (Å²) in [5.41, 5.74) is 0. The second-order valence-corrected chi connectivity index (χ2v) is 4.35. The highest BCUT2D eigenvalue weighted by Gasteiger charge is 2.11. The Morgan fingerprint density at radius 3 is 1.56 bits per heavy atom. The molecule has 0 atom stereocenters. The molecule has 0 aliphatic rings. The Bertz CT molecular complexity index is 520. The SMILES string of the molecule is O=C(Oc1ccccc1S)Oc1ccccc1S. The Balaban J connectivity index is 2.06. The van der Waals surface area contributed by atoms with Gasteiger partial charge in [0.2, 0.25) is 0 Å².